The van der Waals surface area contributed by atoms with Crippen LogP contribution in [0.3, 0.4) is 0 Å². The molecule has 1 aromatic heterocycles. The van der Waals surface area contributed by atoms with Crippen molar-refractivity contribution in [3.8, 4) is 0 Å². The third kappa shape index (κ3) is 2.21. The Morgan fingerprint density at radius 3 is 2.89 bits per heavy atom. The lowest BCUT2D eigenvalue weighted by Crippen LogP contribution is -2.49. The number of aliphatic hydroxyl groups is 1. The highest BCUT2D eigenvalue weighted by molar-refractivity contribution is 9.10. The van der Waals surface area contributed by atoms with E-state index < -0.39 is 0 Å². The van der Waals surface area contributed by atoms with Gasteiger partial charge in [0, 0.05) is 35.6 Å². The monoisotopic (exact) mass is 309 g/mol. The maximum Gasteiger partial charge on any atom is 0.336 e. The van der Waals surface area contributed by atoms with E-state index in [-0.39, 0.29) is 11.7 Å². The summed E-state index contributed by atoms with van der Waals surface area (Å²) in [6.45, 7) is 2.00. The molecule has 1 aliphatic rings. The number of benzene rings is 1. The summed E-state index contributed by atoms with van der Waals surface area (Å²) in [5, 5.41) is 10.2. The zero-order chi connectivity index (χ0) is 12.7. The van der Waals surface area contributed by atoms with Crippen molar-refractivity contribution >= 4 is 26.9 Å². The van der Waals surface area contributed by atoms with Gasteiger partial charge >= 0.3 is 5.63 Å². The van der Waals surface area contributed by atoms with Gasteiger partial charge in [0.25, 0.3) is 0 Å². The highest BCUT2D eigenvalue weighted by Crippen LogP contribution is 2.23. The van der Waals surface area contributed by atoms with Gasteiger partial charge in [-0.1, -0.05) is 15.9 Å². The Kier molecular flexibility index (Phi) is 2.97. The molecule has 0 aliphatic carbocycles. The van der Waals surface area contributed by atoms with E-state index in [0.29, 0.717) is 25.2 Å². The third-order valence-corrected chi connectivity index (χ3v) is 3.62. The molecule has 2 aromatic rings. The molecule has 1 saturated heterocycles. The van der Waals surface area contributed by atoms with E-state index >= 15 is 0 Å². The van der Waals surface area contributed by atoms with E-state index in [1.165, 1.54) is 6.07 Å². The van der Waals surface area contributed by atoms with Crippen molar-refractivity contribution < 1.29 is 9.52 Å². The average molecular weight is 310 g/mol. The molecule has 94 valence electrons. The number of β-amino-alcohol motifs (C(OH)–C–C–N with tert-alkyl or cyclic N) is 1. The van der Waals surface area contributed by atoms with Crippen LogP contribution in [-0.2, 0) is 6.54 Å². The van der Waals surface area contributed by atoms with Crippen molar-refractivity contribution in [2.24, 2.45) is 0 Å². The summed E-state index contributed by atoms with van der Waals surface area (Å²) in [7, 11) is 0. The zero-order valence-corrected chi connectivity index (χ0v) is 11.2. The number of nitrogens with zero attached hydrogens (tertiary/aromatic N) is 1. The van der Waals surface area contributed by atoms with Gasteiger partial charge in [-0.2, -0.15) is 0 Å². The topological polar surface area (TPSA) is 53.7 Å². The SMILES string of the molecule is O=c1cc(CN2CC(O)C2)c2ccc(Br)cc2o1. The smallest absolute Gasteiger partial charge is 0.336 e. The fourth-order valence-corrected chi connectivity index (χ4v) is 2.59. The summed E-state index contributed by atoms with van der Waals surface area (Å²) < 4.78 is 6.07. The molecule has 1 fully saturated rings. The molecule has 5 heteroatoms. The van der Waals surface area contributed by atoms with Gasteiger partial charge in [0.05, 0.1) is 6.10 Å². The van der Waals surface area contributed by atoms with Crippen LogP contribution in [0.25, 0.3) is 11.0 Å². The predicted octanol–water partition coefficient (Wildman–Crippen LogP) is 1.73. The molecule has 4 nitrogen and oxygen atoms in total. The van der Waals surface area contributed by atoms with Crippen LogP contribution in [0.15, 0.2) is 37.9 Å². The van der Waals surface area contributed by atoms with E-state index in [4.69, 9.17) is 4.42 Å². The Balaban J connectivity index is 2.02. The molecule has 0 bridgehead atoms. The second-order valence-electron chi connectivity index (χ2n) is 4.58. The number of rotatable bonds is 2. The highest BCUT2D eigenvalue weighted by atomic mass is 79.9. The van der Waals surface area contributed by atoms with Gasteiger partial charge in [-0.15, -0.1) is 0 Å². The van der Waals surface area contributed by atoms with Crippen LogP contribution < -0.4 is 5.63 Å². The molecule has 0 saturated carbocycles. The van der Waals surface area contributed by atoms with Crippen molar-refractivity contribution in [3.63, 3.8) is 0 Å². The summed E-state index contributed by atoms with van der Waals surface area (Å²) >= 11 is 3.36. The molecular weight excluding hydrogens is 298 g/mol. The van der Waals surface area contributed by atoms with Crippen LogP contribution in [0.1, 0.15) is 5.56 Å². The first-order chi connectivity index (χ1) is 8.61. The average Bonchev–Trinajstić information content (AvgIpc) is 2.25. The molecule has 3 rings (SSSR count). The van der Waals surface area contributed by atoms with Crippen LogP contribution in [0, 0.1) is 0 Å². The third-order valence-electron chi connectivity index (χ3n) is 3.12. The number of halogens is 1. The quantitative estimate of drug-likeness (QED) is 0.859. The number of likely N-dealkylation sites (tertiary alicyclic amines) is 1. The number of aliphatic hydroxyl groups excluding tert-OH is 1. The Hall–Kier alpha value is -1.17. The van der Waals surface area contributed by atoms with Crippen LogP contribution in [-0.4, -0.2) is 29.2 Å². The standard InChI is InChI=1S/C13H12BrNO3/c14-9-1-2-11-8(5-15-6-10(16)7-15)3-13(17)18-12(11)4-9/h1-4,10,16H,5-7H2. The van der Waals surface area contributed by atoms with Gasteiger partial charge < -0.3 is 9.52 Å². The molecule has 0 unspecified atom stereocenters. The number of fused-ring (bicyclic) bond motifs is 1. The maximum absolute atomic E-state index is 11.5. The highest BCUT2D eigenvalue weighted by Gasteiger charge is 2.24. The molecule has 0 amide bonds. The van der Waals surface area contributed by atoms with Crippen LogP contribution >= 0.6 is 15.9 Å². The molecule has 1 aliphatic heterocycles. The van der Waals surface area contributed by atoms with Crippen LogP contribution in [0.2, 0.25) is 0 Å². The number of hydrogen-bond acceptors (Lipinski definition) is 4. The zero-order valence-electron chi connectivity index (χ0n) is 9.60. The Morgan fingerprint density at radius 1 is 1.39 bits per heavy atom. The van der Waals surface area contributed by atoms with Gasteiger partial charge in [0.15, 0.2) is 0 Å². The molecular formula is C13H12BrNO3. The van der Waals surface area contributed by atoms with E-state index in [1.807, 2.05) is 12.1 Å². The first-order valence-corrected chi connectivity index (χ1v) is 6.54. The lowest BCUT2D eigenvalue weighted by atomic mass is 10.1. The van der Waals surface area contributed by atoms with Gasteiger partial charge in [-0.25, -0.2) is 4.79 Å². The second-order valence-corrected chi connectivity index (χ2v) is 5.49. The molecule has 0 radical (unpaired) electrons. The van der Waals surface area contributed by atoms with Gasteiger partial charge in [-0.05, 0) is 23.8 Å². The fourth-order valence-electron chi connectivity index (χ4n) is 2.25. The minimum absolute atomic E-state index is 0.231. The van der Waals surface area contributed by atoms with Gasteiger partial charge in [0.1, 0.15) is 5.58 Å². The summed E-state index contributed by atoms with van der Waals surface area (Å²) in [6.07, 6.45) is -0.231. The van der Waals surface area contributed by atoms with Gasteiger partial charge in [-0.3, -0.25) is 4.90 Å². The Bertz CT molecular complexity index is 646. The minimum atomic E-state index is -0.336. The lowest BCUT2D eigenvalue weighted by molar-refractivity contribution is -0.00268. The number of hydrogen-bond donors (Lipinski definition) is 1. The van der Waals surface area contributed by atoms with E-state index in [1.54, 1.807) is 6.07 Å². The van der Waals surface area contributed by atoms with E-state index in [2.05, 4.69) is 20.8 Å². The first kappa shape index (κ1) is 11.9. The predicted molar refractivity (Wildman–Crippen MR) is 71.5 cm³/mol. The van der Waals surface area contributed by atoms with Crippen molar-refractivity contribution in [3.05, 3.63) is 44.7 Å². The van der Waals surface area contributed by atoms with Crippen LogP contribution in [0.4, 0.5) is 0 Å². The molecule has 0 atom stereocenters. The van der Waals surface area contributed by atoms with Crippen molar-refractivity contribution in [2.75, 3.05) is 13.1 Å². The fraction of sp³-hybridized carbons (Fsp3) is 0.308. The molecule has 2 heterocycles. The van der Waals surface area contributed by atoms with E-state index in [9.17, 15) is 9.90 Å². The normalized spacial score (nSPS) is 17.0. The summed E-state index contributed by atoms with van der Waals surface area (Å²) in [5.74, 6) is 0. The van der Waals surface area contributed by atoms with Crippen molar-refractivity contribution in [2.45, 2.75) is 12.6 Å². The van der Waals surface area contributed by atoms with Crippen LogP contribution in [0.5, 0.6) is 0 Å². The first-order valence-electron chi connectivity index (χ1n) is 5.74. The summed E-state index contributed by atoms with van der Waals surface area (Å²) in [6, 6.07) is 7.19. The summed E-state index contributed by atoms with van der Waals surface area (Å²) in [5.41, 5.74) is 1.20. The second kappa shape index (κ2) is 4.50. The maximum atomic E-state index is 11.5. The summed E-state index contributed by atoms with van der Waals surface area (Å²) in [4.78, 5) is 13.6. The molecule has 1 N–H and O–H groups in total. The largest absolute Gasteiger partial charge is 0.423 e. The van der Waals surface area contributed by atoms with E-state index in [0.717, 1.165) is 15.4 Å². The Morgan fingerprint density at radius 2 is 2.17 bits per heavy atom. The Labute approximate surface area is 112 Å². The minimum Gasteiger partial charge on any atom is -0.423 e. The molecule has 18 heavy (non-hydrogen) atoms. The lowest BCUT2D eigenvalue weighted by Gasteiger charge is -2.35. The van der Waals surface area contributed by atoms with Gasteiger partial charge in [0.2, 0.25) is 0 Å². The van der Waals surface area contributed by atoms with Crippen molar-refractivity contribution in [1.29, 1.82) is 0 Å². The molecule has 1 aromatic carbocycles. The molecule has 0 spiro atoms. The van der Waals surface area contributed by atoms with Crippen molar-refractivity contribution in [1.82, 2.24) is 4.90 Å².